The Bertz CT molecular complexity index is 830. The van der Waals surface area contributed by atoms with Gasteiger partial charge in [0.05, 0.1) is 13.4 Å². The molecule has 1 aromatic carbocycles. The number of guanidine groups is 1. The Kier molecular flexibility index (Phi) is 7.41. The van der Waals surface area contributed by atoms with Crippen LogP contribution in [0.3, 0.4) is 0 Å². The standard InChI is InChI=1S/C21H27ClN4O3/c1-3-23-21(24-9-8-16-6-7-17(28-2)15-18(16)22)26-12-10-25(11-13-26)20(27)19-5-4-14-29-19/h4-7,14-15H,3,8-13H2,1-2H3,(H,23,24). The number of amides is 1. The summed E-state index contributed by atoms with van der Waals surface area (Å²) in [5.74, 6) is 1.93. The number of furan rings is 1. The third-order valence-electron chi connectivity index (χ3n) is 4.84. The topological polar surface area (TPSA) is 70.3 Å². The van der Waals surface area contributed by atoms with Crippen molar-refractivity contribution in [2.75, 3.05) is 46.4 Å². The molecule has 3 rings (SSSR count). The van der Waals surface area contributed by atoms with Gasteiger partial charge in [0.2, 0.25) is 0 Å². The Balaban J connectivity index is 1.56. The number of nitrogens with one attached hydrogen (secondary N) is 1. The Morgan fingerprint density at radius 2 is 2.00 bits per heavy atom. The number of piperazine rings is 1. The molecule has 2 heterocycles. The van der Waals surface area contributed by atoms with Crippen LogP contribution in [-0.4, -0.2) is 68.0 Å². The molecule has 2 aromatic rings. The number of carbonyl (C=O) groups is 1. The molecule has 1 N–H and O–H groups in total. The van der Waals surface area contributed by atoms with Crippen LogP contribution in [0.25, 0.3) is 0 Å². The molecular formula is C21H27ClN4O3. The van der Waals surface area contributed by atoms with Gasteiger partial charge in [-0.25, -0.2) is 0 Å². The molecule has 1 aliphatic heterocycles. The molecule has 0 unspecified atom stereocenters. The van der Waals surface area contributed by atoms with Gasteiger partial charge in [0.15, 0.2) is 11.7 Å². The summed E-state index contributed by atoms with van der Waals surface area (Å²) in [5, 5.41) is 4.03. The zero-order valence-corrected chi connectivity index (χ0v) is 17.6. The van der Waals surface area contributed by atoms with Crippen molar-refractivity contribution in [3.8, 4) is 5.75 Å². The molecule has 0 atom stereocenters. The van der Waals surface area contributed by atoms with Crippen molar-refractivity contribution in [2.24, 2.45) is 4.99 Å². The van der Waals surface area contributed by atoms with Crippen LogP contribution < -0.4 is 10.1 Å². The first-order valence-electron chi connectivity index (χ1n) is 9.80. The molecule has 1 amide bonds. The Labute approximate surface area is 176 Å². The normalized spacial score (nSPS) is 14.8. The van der Waals surface area contributed by atoms with Crippen LogP contribution in [-0.2, 0) is 6.42 Å². The predicted octanol–water partition coefficient (Wildman–Crippen LogP) is 2.91. The number of hydrogen-bond acceptors (Lipinski definition) is 4. The van der Waals surface area contributed by atoms with Crippen molar-refractivity contribution in [3.63, 3.8) is 0 Å². The maximum atomic E-state index is 12.4. The minimum atomic E-state index is -0.0641. The third kappa shape index (κ3) is 5.44. The number of hydrogen-bond donors (Lipinski definition) is 1. The summed E-state index contributed by atoms with van der Waals surface area (Å²) in [6, 6.07) is 9.13. The summed E-state index contributed by atoms with van der Waals surface area (Å²) in [5.41, 5.74) is 1.04. The summed E-state index contributed by atoms with van der Waals surface area (Å²) >= 11 is 6.32. The first kappa shape index (κ1) is 21.0. The third-order valence-corrected chi connectivity index (χ3v) is 5.19. The highest BCUT2D eigenvalue weighted by atomic mass is 35.5. The van der Waals surface area contributed by atoms with E-state index < -0.39 is 0 Å². The van der Waals surface area contributed by atoms with Gasteiger partial charge < -0.3 is 24.3 Å². The Morgan fingerprint density at radius 3 is 2.62 bits per heavy atom. The van der Waals surface area contributed by atoms with Gasteiger partial charge in [0.1, 0.15) is 5.75 Å². The largest absolute Gasteiger partial charge is 0.497 e. The summed E-state index contributed by atoms with van der Waals surface area (Å²) in [6.07, 6.45) is 2.27. The molecule has 0 spiro atoms. The zero-order chi connectivity index (χ0) is 20.6. The molecule has 0 bridgehead atoms. The number of nitrogens with zero attached hydrogens (tertiary/aromatic N) is 3. The van der Waals surface area contributed by atoms with Gasteiger partial charge in [-0.1, -0.05) is 17.7 Å². The lowest BCUT2D eigenvalue weighted by Crippen LogP contribution is -2.53. The predicted molar refractivity (Wildman–Crippen MR) is 114 cm³/mol. The lowest BCUT2D eigenvalue weighted by atomic mass is 10.1. The zero-order valence-electron chi connectivity index (χ0n) is 16.9. The van der Waals surface area contributed by atoms with Gasteiger partial charge in [-0.2, -0.15) is 0 Å². The van der Waals surface area contributed by atoms with Crippen LogP contribution >= 0.6 is 11.6 Å². The van der Waals surface area contributed by atoms with E-state index in [9.17, 15) is 4.79 Å². The highest BCUT2D eigenvalue weighted by molar-refractivity contribution is 6.31. The van der Waals surface area contributed by atoms with Gasteiger partial charge in [-0.3, -0.25) is 9.79 Å². The quantitative estimate of drug-likeness (QED) is 0.577. The van der Waals surface area contributed by atoms with Gasteiger partial charge in [0, 0.05) is 44.3 Å². The molecule has 1 aliphatic rings. The van der Waals surface area contributed by atoms with E-state index in [0.29, 0.717) is 30.4 Å². The molecule has 156 valence electrons. The van der Waals surface area contributed by atoms with E-state index in [0.717, 1.165) is 43.3 Å². The maximum absolute atomic E-state index is 12.4. The number of rotatable bonds is 6. The van der Waals surface area contributed by atoms with Crippen molar-refractivity contribution in [3.05, 3.63) is 52.9 Å². The van der Waals surface area contributed by atoms with Gasteiger partial charge in [-0.15, -0.1) is 0 Å². The van der Waals surface area contributed by atoms with Crippen molar-refractivity contribution in [1.82, 2.24) is 15.1 Å². The van der Waals surface area contributed by atoms with Crippen LogP contribution in [0.5, 0.6) is 5.75 Å². The molecular weight excluding hydrogens is 392 g/mol. The number of methoxy groups -OCH3 is 1. The molecule has 8 heteroatoms. The average molecular weight is 419 g/mol. The van der Waals surface area contributed by atoms with Crippen molar-refractivity contribution < 1.29 is 13.9 Å². The molecule has 0 aliphatic carbocycles. The molecule has 29 heavy (non-hydrogen) atoms. The number of halogens is 1. The van der Waals surface area contributed by atoms with Crippen molar-refractivity contribution in [1.29, 1.82) is 0 Å². The Hall–Kier alpha value is -2.67. The smallest absolute Gasteiger partial charge is 0.289 e. The molecule has 1 saturated heterocycles. The van der Waals surface area contributed by atoms with Crippen LogP contribution in [0.15, 0.2) is 46.0 Å². The molecule has 0 saturated carbocycles. The molecule has 1 fully saturated rings. The van der Waals surface area contributed by atoms with E-state index in [4.69, 9.17) is 25.7 Å². The maximum Gasteiger partial charge on any atom is 0.289 e. The second-order valence-electron chi connectivity index (χ2n) is 6.70. The molecule has 1 aromatic heterocycles. The highest BCUT2D eigenvalue weighted by Gasteiger charge is 2.25. The van der Waals surface area contributed by atoms with E-state index in [1.807, 2.05) is 30.0 Å². The fraction of sp³-hybridized carbons (Fsp3) is 0.429. The minimum absolute atomic E-state index is 0.0641. The first-order valence-corrected chi connectivity index (χ1v) is 10.2. The first-order chi connectivity index (χ1) is 14.1. The number of ether oxygens (including phenoxy) is 1. The van der Waals surface area contributed by atoms with Gasteiger partial charge in [0.25, 0.3) is 5.91 Å². The minimum Gasteiger partial charge on any atom is -0.497 e. The summed E-state index contributed by atoms with van der Waals surface area (Å²) in [4.78, 5) is 21.2. The SMILES string of the molecule is CCNC(=NCCc1ccc(OC)cc1Cl)N1CCN(C(=O)c2ccco2)CC1. The van der Waals surface area contributed by atoms with Crippen molar-refractivity contribution in [2.45, 2.75) is 13.3 Å². The highest BCUT2D eigenvalue weighted by Crippen LogP contribution is 2.22. The van der Waals surface area contributed by atoms with Crippen LogP contribution in [0.2, 0.25) is 5.02 Å². The average Bonchev–Trinajstić information content (AvgIpc) is 3.28. The van der Waals surface area contributed by atoms with E-state index in [1.165, 1.54) is 6.26 Å². The summed E-state index contributed by atoms with van der Waals surface area (Å²) < 4.78 is 10.4. The number of benzene rings is 1. The van der Waals surface area contributed by atoms with Gasteiger partial charge in [-0.05, 0) is 43.2 Å². The van der Waals surface area contributed by atoms with E-state index in [-0.39, 0.29) is 5.91 Å². The second kappa shape index (κ2) is 10.2. The second-order valence-corrected chi connectivity index (χ2v) is 7.11. The van der Waals surface area contributed by atoms with Crippen LogP contribution in [0, 0.1) is 0 Å². The molecule has 7 nitrogen and oxygen atoms in total. The Morgan fingerprint density at radius 1 is 1.24 bits per heavy atom. The van der Waals surface area contributed by atoms with Gasteiger partial charge >= 0.3 is 0 Å². The fourth-order valence-electron chi connectivity index (χ4n) is 3.24. The van der Waals surface area contributed by atoms with Crippen molar-refractivity contribution >= 4 is 23.5 Å². The lowest BCUT2D eigenvalue weighted by molar-refractivity contribution is 0.0657. The lowest BCUT2D eigenvalue weighted by Gasteiger charge is -2.36. The van der Waals surface area contributed by atoms with E-state index >= 15 is 0 Å². The number of aliphatic imine (C=N–C) groups is 1. The van der Waals surface area contributed by atoms with E-state index in [2.05, 4.69) is 10.2 Å². The fourth-order valence-corrected chi connectivity index (χ4v) is 3.51. The number of carbonyl (C=O) groups excluding carboxylic acids is 1. The molecule has 0 radical (unpaired) electrons. The van der Waals surface area contributed by atoms with Crippen LogP contribution in [0.1, 0.15) is 23.0 Å². The monoisotopic (exact) mass is 418 g/mol. The van der Waals surface area contributed by atoms with E-state index in [1.54, 1.807) is 19.2 Å². The van der Waals surface area contributed by atoms with Crippen LogP contribution in [0.4, 0.5) is 0 Å². The summed E-state index contributed by atoms with van der Waals surface area (Å²) in [7, 11) is 1.63. The summed E-state index contributed by atoms with van der Waals surface area (Å²) in [6.45, 7) is 6.17.